The lowest BCUT2D eigenvalue weighted by Crippen LogP contribution is -2.10. The highest BCUT2D eigenvalue weighted by molar-refractivity contribution is 6.33. The molecule has 0 saturated carbocycles. The predicted octanol–water partition coefficient (Wildman–Crippen LogP) is 3.25. The van der Waals surface area contributed by atoms with E-state index in [1.54, 1.807) is 35.8 Å². The Kier molecular flexibility index (Phi) is 3.33. The minimum absolute atomic E-state index is 0.118. The molecular weight excluding hydrogens is 290 g/mol. The quantitative estimate of drug-likeness (QED) is 0.885. The average molecular weight is 304 g/mol. The van der Waals surface area contributed by atoms with Crippen molar-refractivity contribution in [2.24, 2.45) is 0 Å². The van der Waals surface area contributed by atoms with Crippen LogP contribution >= 0.6 is 11.6 Å². The van der Waals surface area contributed by atoms with E-state index in [0.29, 0.717) is 40.5 Å². The summed E-state index contributed by atoms with van der Waals surface area (Å²) in [5.74, 6) is -1.65. The molecule has 0 bridgehead atoms. The van der Waals surface area contributed by atoms with Gasteiger partial charge in [0.15, 0.2) is 0 Å². The Morgan fingerprint density at radius 2 is 1.95 bits per heavy atom. The number of nitrogens with zero attached hydrogens (tertiary/aromatic N) is 1. The number of benzene rings is 1. The molecule has 1 N–H and O–H groups in total. The molecule has 21 heavy (non-hydrogen) atoms. The fourth-order valence-corrected chi connectivity index (χ4v) is 3.29. The average Bonchev–Trinajstić information content (AvgIpc) is 3.00. The first-order valence-corrected chi connectivity index (χ1v) is 7.11. The lowest BCUT2D eigenvalue weighted by Gasteiger charge is -2.06. The lowest BCUT2D eigenvalue weighted by atomic mass is 10.0. The van der Waals surface area contributed by atoms with E-state index in [-0.39, 0.29) is 5.78 Å². The first-order chi connectivity index (χ1) is 10.0. The van der Waals surface area contributed by atoms with Crippen LogP contribution in [0, 0.1) is 6.92 Å². The molecule has 0 spiro atoms. The molecule has 0 saturated heterocycles. The maximum atomic E-state index is 12.7. The van der Waals surface area contributed by atoms with Crippen molar-refractivity contribution in [3.8, 4) is 0 Å². The van der Waals surface area contributed by atoms with Gasteiger partial charge < -0.3 is 9.67 Å². The lowest BCUT2D eigenvalue weighted by molar-refractivity contribution is -0.138. The third-order valence-corrected chi connectivity index (χ3v) is 4.47. The van der Waals surface area contributed by atoms with Crippen LogP contribution in [0.1, 0.15) is 39.6 Å². The SMILES string of the molecule is Cc1c(Cl)c2n(c1C(=O)c1ccccc1)CCC2C(=O)O. The summed E-state index contributed by atoms with van der Waals surface area (Å²) in [4.78, 5) is 24.0. The van der Waals surface area contributed by atoms with Crippen LogP contribution in [-0.4, -0.2) is 21.4 Å². The summed E-state index contributed by atoms with van der Waals surface area (Å²) in [5.41, 5.74) is 2.30. The van der Waals surface area contributed by atoms with Gasteiger partial charge in [0.05, 0.1) is 16.4 Å². The van der Waals surface area contributed by atoms with Gasteiger partial charge in [-0.3, -0.25) is 9.59 Å². The van der Waals surface area contributed by atoms with E-state index in [0.717, 1.165) is 0 Å². The van der Waals surface area contributed by atoms with Crippen LogP contribution in [-0.2, 0) is 11.3 Å². The molecule has 4 nitrogen and oxygen atoms in total. The van der Waals surface area contributed by atoms with Crippen molar-refractivity contribution in [2.75, 3.05) is 0 Å². The Morgan fingerprint density at radius 1 is 1.29 bits per heavy atom. The zero-order chi connectivity index (χ0) is 15.1. The van der Waals surface area contributed by atoms with E-state index in [2.05, 4.69) is 0 Å². The Bertz CT molecular complexity index is 734. The Balaban J connectivity index is 2.14. The van der Waals surface area contributed by atoms with Crippen molar-refractivity contribution in [1.29, 1.82) is 0 Å². The minimum atomic E-state index is -0.896. The third-order valence-electron chi connectivity index (χ3n) is 3.99. The molecule has 5 heteroatoms. The van der Waals surface area contributed by atoms with Crippen LogP contribution in [0.3, 0.4) is 0 Å². The number of fused-ring (bicyclic) bond motifs is 1. The number of aromatic nitrogens is 1. The van der Waals surface area contributed by atoms with Crippen molar-refractivity contribution >= 4 is 23.4 Å². The number of aliphatic carboxylic acids is 1. The second-order valence-corrected chi connectivity index (χ2v) is 5.58. The zero-order valence-electron chi connectivity index (χ0n) is 11.5. The normalized spacial score (nSPS) is 16.8. The number of carbonyl (C=O) groups is 2. The summed E-state index contributed by atoms with van der Waals surface area (Å²) in [6.07, 6.45) is 0.472. The zero-order valence-corrected chi connectivity index (χ0v) is 12.2. The van der Waals surface area contributed by atoms with E-state index in [9.17, 15) is 14.7 Å². The molecule has 1 unspecified atom stereocenters. The Labute approximate surface area is 127 Å². The van der Waals surface area contributed by atoms with Gasteiger partial charge >= 0.3 is 5.97 Å². The summed E-state index contributed by atoms with van der Waals surface area (Å²) < 4.78 is 1.77. The number of carbonyl (C=O) groups excluding carboxylic acids is 1. The van der Waals surface area contributed by atoms with Crippen LogP contribution in [0.15, 0.2) is 30.3 Å². The predicted molar refractivity (Wildman–Crippen MR) is 79.0 cm³/mol. The molecule has 3 rings (SSSR count). The summed E-state index contributed by atoms with van der Waals surface area (Å²) in [7, 11) is 0. The number of hydrogen-bond acceptors (Lipinski definition) is 2. The van der Waals surface area contributed by atoms with Crippen LogP contribution in [0.25, 0.3) is 0 Å². The second kappa shape index (κ2) is 5.04. The highest BCUT2D eigenvalue weighted by Crippen LogP contribution is 2.40. The van der Waals surface area contributed by atoms with Gasteiger partial charge in [-0.2, -0.15) is 0 Å². The third kappa shape index (κ3) is 2.07. The topological polar surface area (TPSA) is 59.3 Å². The maximum absolute atomic E-state index is 12.7. The number of ketones is 1. The second-order valence-electron chi connectivity index (χ2n) is 5.20. The van der Waals surface area contributed by atoms with Gasteiger partial charge in [-0.05, 0) is 18.9 Å². The molecule has 2 heterocycles. The van der Waals surface area contributed by atoms with Crippen LogP contribution in [0.5, 0.6) is 0 Å². The molecule has 0 amide bonds. The van der Waals surface area contributed by atoms with Gasteiger partial charge in [-0.1, -0.05) is 41.9 Å². The van der Waals surface area contributed by atoms with Gasteiger partial charge in [0.2, 0.25) is 5.78 Å². The standard InChI is InChI=1S/C16H14ClNO3/c1-9-12(17)14-11(16(20)21)7-8-18(14)13(9)15(19)10-5-3-2-4-6-10/h2-6,11H,7-8H2,1H3,(H,20,21). The van der Waals surface area contributed by atoms with Gasteiger partial charge in [0.1, 0.15) is 5.92 Å². The molecule has 1 aliphatic rings. The van der Waals surface area contributed by atoms with Gasteiger partial charge in [-0.25, -0.2) is 0 Å². The molecule has 0 radical (unpaired) electrons. The molecule has 1 atom stereocenters. The maximum Gasteiger partial charge on any atom is 0.312 e. The molecule has 1 aromatic heterocycles. The molecule has 108 valence electrons. The summed E-state index contributed by atoms with van der Waals surface area (Å²) >= 11 is 6.29. The molecule has 0 fully saturated rings. The minimum Gasteiger partial charge on any atom is -0.481 e. The number of halogens is 1. The van der Waals surface area contributed by atoms with E-state index >= 15 is 0 Å². The smallest absolute Gasteiger partial charge is 0.312 e. The summed E-state index contributed by atoms with van der Waals surface area (Å²) in [6, 6.07) is 8.95. The van der Waals surface area contributed by atoms with Gasteiger partial charge in [-0.15, -0.1) is 0 Å². The number of hydrogen-bond donors (Lipinski definition) is 1. The van der Waals surface area contributed by atoms with Crippen molar-refractivity contribution in [2.45, 2.75) is 25.8 Å². The van der Waals surface area contributed by atoms with E-state index in [1.807, 2.05) is 6.07 Å². The number of rotatable bonds is 3. The van der Waals surface area contributed by atoms with Crippen molar-refractivity contribution in [3.63, 3.8) is 0 Å². The number of carboxylic acids is 1. The van der Waals surface area contributed by atoms with Crippen molar-refractivity contribution < 1.29 is 14.7 Å². The fourth-order valence-electron chi connectivity index (χ4n) is 2.97. The Morgan fingerprint density at radius 3 is 2.57 bits per heavy atom. The Hall–Kier alpha value is -2.07. The van der Waals surface area contributed by atoms with Crippen LogP contribution in [0.4, 0.5) is 0 Å². The number of carboxylic acid groups (broad SMARTS) is 1. The first kappa shape index (κ1) is 13.9. The largest absolute Gasteiger partial charge is 0.481 e. The monoisotopic (exact) mass is 303 g/mol. The fraction of sp³-hybridized carbons (Fsp3) is 0.250. The highest BCUT2D eigenvalue weighted by Gasteiger charge is 2.36. The first-order valence-electron chi connectivity index (χ1n) is 6.73. The summed E-state index contributed by atoms with van der Waals surface area (Å²) in [5, 5.41) is 9.69. The van der Waals surface area contributed by atoms with Crippen molar-refractivity contribution in [3.05, 3.63) is 57.9 Å². The van der Waals surface area contributed by atoms with E-state index in [4.69, 9.17) is 11.6 Å². The van der Waals surface area contributed by atoms with Gasteiger partial charge in [0.25, 0.3) is 0 Å². The highest BCUT2D eigenvalue weighted by atomic mass is 35.5. The van der Waals surface area contributed by atoms with Crippen LogP contribution < -0.4 is 0 Å². The summed E-state index contributed by atoms with van der Waals surface area (Å²) in [6.45, 7) is 2.27. The molecule has 1 aliphatic heterocycles. The van der Waals surface area contributed by atoms with Crippen molar-refractivity contribution in [1.82, 2.24) is 4.57 Å². The molecule has 0 aliphatic carbocycles. The van der Waals surface area contributed by atoms with Gasteiger partial charge in [0, 0.05) is 12.1 Å². The van der Waals surface area contributed by atoms with Crippen LogP contribution in [0.2, 0.25) is 5.02 Å². The van der Waals surface area contributed by atoms with E-state index < -0.39 is 11.9 Å². The molecular formula is C16H14ClNO3. The molecule has 2 aromatic rings. The van der Waals surface area contributed by atoms with E-state index in [1.165, 1.54) is 0 Å². The molecule has 1 aromatic carbocycles.